The molecule has 2 aromatic rings. The Morgan fingerprint density at radius 1 is 1.10 bits per heavy atom. The van der Waals surface area contributed by atoms with Crippen molar-refractivity contribution in [3.8, 4) is 11.5 Å². The Morgan fingerprint density at radius 3 is 2.60 bits per heavy atom. The second-order valence-corrected chi connectivity index (χ2v) is 4.17. The van der Waals surface area contributed by atoms with E-state index < -0.39 is 17.7 Å². The number of hydrogen-bond acceptors (Lipinski definition) is 3. The minimum Gasteiger partial charge on any atom is -0.497 e. The highest BCUT2D eigenvalue weighted by atomic mass is 19.1. The van der Waals surface area contributed by atoms with Crippen LogP contribution in [0.3, 0.4) is 0 Å². The van der Waals surface area contributed by atoms with Gasteiger partial charge in [-0.3, -0.25) is 0 Å². The van der Waals surface area contributed by atoms with Gasteiger partial charge < -0.3 is 14.6 Å². The molecule has 0 bridgehead atoms. The van der Waals surface area contributed by atoms with E-state index in [4.69, 9.17) is 9.47 Å². The Morgan fingerprint density at radius 2 is 1.85 bits per heavy atom. The van der Waals surface area contributed by atoms with Crippen molar-refractivity contribution in [3.05, 3.63) is 59.7 Å². The maximum Gasteiger partial charge on any atom is 0.129 e. The molecule has 2 rings (SSSR count). The van der Waals surface area contributed by atoms with Crippen LogP contribution in [0.15, 0.2) is 42.5 Å². The fourth-order valence-corrected chi connectivity index (χ4v) is 1.73. The van der Waals surface area contributed by atoms with Gasteiger partial charge in [0.2, 0.25) is 0 Å². The quantitative estimate of drug-likeness (QED) is 0.914. The van der Waals surface area contributed by atoms with Crippen LogP contribution in [0.25, 0.3) is 0 Å². The largest absolute Gasteiger partial charge is 0.497 e. The molecular weight excluding hydrogens is 266 g/mol. The van der Waals surface area contributed by atoms with Crippen molar-refractivity contribution in [2.24, 2.45) is 0 Å². The van der Waals surface area contributed by atoms with E-state index in [-0.39, 0.29) is 12.2 Å². The average molecular weight is 280 g/mol. The number of aliphatic hydroxyl groups excluding tert-OH is 1. The molecule has 0 aromatic heterocycles. The number of ether oxygens (including phenoxy) is 2. The summed E-state index contributed by atoms with van der Waals surface area (Å²) in [5.74, 6) is -0.205. The summed E-state index contributed by atoms with van der Waals surface area (Å²) in [5.41, 5.74) is -0.132. The molecule has 0 heterocycles. The van der Waals surface area contributed by atoms with Crippen LogP contribution >= 0.6 is 0 Å². The number of methoxy groups -OCH3 is 1. The predicted molar refractivity (Wildman–Crippen MR) is 69.8 cm³/mol. The van der Waals surface area contributed by atoms with Crippen molar-refractivity contribution in [1.29, 1.82) is 0 Å². The SMILES string of the molecule is COc1cccc(OCC(O)c2cc(F)ccc2F)c1. The fourth-order valence-electron chi connectivity index (χ4n) is 1.73. The van der Waals surface area contributed by atoms with E-state index in [1.165, 1.54) is 7.11 Å². The van der Waals surface area contributed by atoms with Gasteiger partial charge in [-0.25, -0.2) is 8.78 Å². The molecule has 0 saturated heterocycles. The summed E-state index contributed by atoms with van der Waals surface area (Å²) in [7, 11) is 1.52. The average Bonchev–Trinajstić information content (AvgIpc) is 2.47. The Hall–Kier alpha value is -2.14. The lowest BCUT2D eigenvalue weighted by Gasteiger charge is -2.14. The molecule has 1 N–H and O–H groups in total. The molecule has 0 aliphatic rings. The second kappa shape index (κ2) is 6.34. The molecule has 2 aromatic carbocycles. The third kappa shape index (κ3) is 3.45. The Kier molecular flexibility index (Phi) is 4.53. The van der Waals surface area contributed by atoms with Crippen LogP contribution < -0.4 is 9.47 Å². The zero-order valence-electron chi connectivity index (χ0n) is 10.8. The molecule has 0 aliphatic heterocycles. The van der Waals surface area contributed by atoms with Crippen LogP contribution in [0.1, 0.15) is 11.7 Å². The van der Waals surface area contributed by atoms with Gasteiger partial charge in [-0.15, -0.1) is 0 Å². The van der Waals surface area contributed by atoms with Gasteiger partial charge in [-0.1, -0.05) is 6.07 Å². The van der Waals surface area contributed by atoms with Gasteiger partial charge in [0.25, 0.3) is 0 Å². The van der Waals surface area contributed by atoms with E-state index in [0.29, 0.717) is 11.5 Å². The minimum atomic E-state index is -1.25. The van der Waals surface area contributed by atoms with Crippen molar-refractivity contribution in [2.75, 3.05) is 13.7 Å². The molecule has 0 spiro atoms. The van der Waals surface area contributed by atoms with Crippen LogP contribution in [0.2, 0.25) is 0 Å². The lowest BCUT2D eigenvalue weighted by Crippen LogP contribution is -2.11. The standard InChI is InChI=1S/C15H14F2O3/c1-19-11-3-2-4-12(8-11)20-9-15(18)13-7-10(16)5-6-14(13)17/h2-8,15,18H,9H2,1H3. The maximum absolute atomic E-state index is 13.5. The summed E-state index contributed by atoms with van der Waals surface area (Å²) in [6, 6.07) is 9.70. The van der Waals surface area contributed by atoms with Gasteiger partial charge in [-0.2, -0.15) is 0 Å². The van der Waals surface area contributed by atoms with Gasteiger partial charge >= 0.3 is 0 Å². The third-order valence-electron chi connectivity index (χ3n) is 2.77. The first-order chi connectivity index (χ1) is 9.60. The summed E-state index contributed by atoms with van der Waals surface area (Å²) in [6.07, 6.45) is -1.25. The van der Waals surface area contributed by atoms with Crippen LogP contribution in [0.4, 0.5) is 8.78 Å². The molecule has 1 unspecified atom stereocenters. The summed E-state index contributed by atoms with van der Waals surface area (Å²) in [4.78, 5) is 0. The van der Waals surface area contributed by atoms with E-state index in [1.807, 2.05) is 0 Å². The minimum absolute atomic E-state index is 0.132. The first-order valence-corrected chi connectivity index (χ1v) is 6.00. The van der Waals surface area contributed by atoms with Gasteiger partial charge in [0.05, 0.1) is 7.11 Å². The van der Waals surface area contributed by atoms with E-state index in [9.17, 15) is 13.9 Å². The zero-order chi connectivity index (χ0) is 14.5. The Balaban J connectivity index is 2.04. The molecule has 0 amide bonds. The highest BCUT2D eigenvalue weighted by Crippen LogP contribution is 2.22. The summed E-state index contributed by atoms with van der Waals surface area (Å²) in [6.45, 7) is -0.187. The Labute approximate surface area is 115 Å². The summed E-state index contributed by atoms with van der Waals surface area (Å²) in [5, 5.41) is 9.85. The molecule has 0 aliphatic carbocycles. The normalized spacial score (nSPS) is 12.0. The zero-order valence-corrected chi connectivity index (χ0v) is 10.8. The summed E-state index contributed by atoms with van der Waals surface area (Å²) >= 11 is 0. The van der Waals surface area contributed by atoms with Gasteiger partial charge in [0, 0.05) is 11.6 Å². The van der Waals surface area contributed by atoms with Crippen molar-refractivity contribution in [1.82, 2.24) is 0 Å². The fraction of sp³-hybridized carbons (Fsp3) is 0.200. The topological polar surface area (TPSA) is 38.7 Å². The lowest BCUT2D eigenvalue weighted by molar-refractivity contribution is 0.104. The van der Waals surface area contributed by atoms with Gasteiger partial charge in [0.1, 0.15) is 35.8 Å². The molecule has 106 valence electrons. The highest BCUT2D eigenvalue weighted by molar-refractivity contribution is 5.33. The Bertz CT molecular complexity index is 587. The van der Waals surface area contributed by atoms with Crippen molar-refractivity contribution >= 4 is 0 Å². The van der Waals surface area contributed by atoms with E-state index in [2.05, 4.69) is 0 Å². The number of halogens is 2. The molecule has 1 atom stereocenters. The number of aliphatic hydroxyl groups is 1. The molecule has 0 fully saturated rings. The van der Waals surface area contributed by atoms with Crippen molar-refractivity contribution in [2.45, 2.75) is 6.10 Å². The van der Waals surface area contributed by atoms with Crippen LogP contribution in [-0.2, 0) is 0 Å². The van der Waals surface area contributed by atoms with Gasteiger partial charge in [-0.05, 0) is 30.3 Å². The molecule has 20 heavy (non-hydrogen) atoms. The first kappa shape index (κ1) is 14.3. The predicted octanol–water partition coefficient (Wildman–Crippen LogP) is 3.09. The lowest BCUT2D eigenvalue weighted by atomic mass is 10.1. The molecule has 3 nitrogen and oxygen atoms in total. The molecule has 5 heteroatoms. The second-order valence-electron chi connectivity index (χ2n) is 4.17. The molecular formula is C15H14F2O3. The van der Waals surface area contributed by atoms with E-state index in [1.54, 1.807) is 24.3 Å². The monoisotopic (exact) mass is 280 g/mol. The van der Waals surface area contributed by atoms with Crippen LogP contribution in [0, 0.1) is 11.6 Å². The first-order valence-electron chi connectivity index (χ1n) is 6.00. The van der Waals surface area contributed by atoms with E-state index in [0.717, 1.165) is 18.2 Å². The molecule has 0 saturated carbocycles. The van der Waals surface area contributed by atoms with Crippen molar-refractivity contribution in [3.63, 3.8) is 0 Å². The van der Waals surface area contributed by atoms with Gasteiger partial charge in [0.15, 0.2) is 0 Å². The highest BCUT2D eigenvalue weighted by Gasteiger charge is 2.14. The smallest absolute Gasteiger partial charge is 0.129 e. The van der Waals surface area contributed by atoms with Crippen LogP contribution in [0.5, 0.6) is 11.5 Å². The van der Waals surface area contributed by atoms with Crippen molar-refractivity contribution < 1.29 is 23.4 Å². The maximum atomic E-state index is 13.5. The number of benzene rings is 2. The summed E-state index contributed by atoms with van der Waals surface area (Å²) < 4.78 is 36.9. The van der Waals surface area contributed by atoms with E-state index >= 15 is 0 Å². The van der Waals surface area contributed by atoms with Crippen LogP contribution in [-0.4, -0.2) is 18.8 Å². The molecule has 0 radical (unpaired) electrons. The third-order valence-corrected chi connectivity index (χ3v) is 2.77. The number of hydrogen-bond donors (Lipinski definition) is 1. The number of rotatable bonds is 5.